The van der Waals surface area contributed by atoms with Crippen LogP contribution < -0.4 is 5.32 Å². The fourth-order valence-corrected chi connectivity index (χ4v) is 4.78. The Morgan fingerprint density at radius 3 is 2.17 bits per heavy atom. The molecule has 0 saturated carbocycles. The SMILES string of the molecule is CC(C)NC(=O)C(Cc1ccccc1)N(Cc1ccc(F)cc1)C(=O)CSCc1ccc(Br)cc1. The van der Waals surface area contributed by atoms with Crippen molar-refractivity contribution in [3.8, 4) is 0 Å². The molecule has 4 nitrogen and oxygen atoms in total. The van der Waals surface area contributed by atoms with Gasteiger partial charge in [0.2, 0.25) is 11.8 Å². The van der Waals surface area contributed by atoms with E-state index in [9.17, 15) is 14.0 Å². The summed E-state index contributed by atoms with van der Waals surface area (Å²) >= 11 is 4.95. The van der Waals surface area contributed by atoms with Gasteiger partial charge in [-0.05, 0) is 54.8 Å². The van der Waals surface area contributed by atoms with Crippen molar-refractivity contribution in [2.45, 2.75) is 44.6 Å². The summed E-state index contributed by atoms with van der Waals surface area (Å²) in [6, 6.07) is 23.0. The largest absolute Gasteiger partial charge is 0.352 e. The number of amides is 2. The zero-order valence-electron chi connectivity index (χ0n) is 19.9. The highest BCUT2D eigenvalue weighted by Crippen LogP contribution is 2.20. The fraction of sp³-hybridized carbons (Fsp3) is 0.286. The van der Waals surface area contributed by atoms with Gasteiger partial charge in [-0.15, -0.1) is 11.8 Å². The monoisotopic (exact) mass is 556 g/mol. The van der Waals surface area contributed by atoms with Crippen molar-refractivity contribution in [1.82, 2.24) is 10.2 Å². The molecule has 3 aromatic rings. The molecule has 0 aromatic heterocycles. The summed E-state index contributed by atoms with van der Waals surface area (Å²) in [5.41, 5.74) is 2.86. The van der Waals surface area contributed by atoms with Crippen LogP contribution >= 0.6 is 27.7 Å². The van der Waals surface area contributed by atoms with Gasteiger partial charge in [-0.25, -0.2) is 4.39 Å². The number of carbonyl (C=O) groups excluding carboxylic acids is 2. The summed E-state index contributed by atoms with van der Waals surface area (Å²) in [6.45, 7) is 4.02. The van der Waals surface area contributed by atoms with Gasteiger partial charge in [-0.3, -0.25) is 9.59 Å². The Kier molecular flexibility index (Phi) is 10.4. The molecule has 3 aromatic carbocycles. The summed E-state index contributed by atoms with van der Waals surface area (Å²) in [6.07, 6.45) is 0.393. The second-order valence-corrected chi connectivity index (χ2v) is 10.5. The maximum Gasteiger partial charge on any atom is 0.243 e. The average molecular weight is 558 g/mol. The van der Waals surface area contributed by atoms with Crippen molar-refractivity contribution >= 4 is 39.5 Å². The van der Waals surface area contributed by atoms with E-state index in [4.69, 9.17) is 0 Å². The second kappa shape index (κ2) is 13.4. The minimum Gasteiger partial charge on any atom is -0.352 e. The molecule has 0 heterocycles. The Morgan fingerprint density at radius 1 is 0.914 bits per heavy atom. The zero-order chi connectivity index (χ0) is 25.2. The number of benzene rings is 3. The number of nitrogens with one attached hydrogen (secondary N) is 1. The first-order chi connectivity index (χ1) is 16.8. The van der Waals surface area contributed by atoms with Crippen LogP contribution in [0.1, 0.15) is 30.5 Å². The number of thioether (sulfide) groups is 1. The van der Waals surface area contributed by atoms with E-state index in [-0.39, 0.29) is 36.0 Å². The van der Waals surface area contributed by atoms with Gasteiger partial charge < -0.3 is 10.2 Å². The van der Waals surface area contributed by atoms with Gasteiger partial charge in [0.1, 0.15) is 11.9 Å². The van der Waals surface area contributed by atoms with E-state index in [0.717, 1.165) is 21.2 Å². The maximum atomic E-state index is 13.5. The summed E-state index contributed by atoms with van der Waals surface area (Å²) in [5, 5.41) is 2.98. The highest BCUT2D eigenvalue weighted by atomic mass is 79.9. The normalized spacial score (nSPS) is 11.8. The van der Waals surface area contributed by atoms with Crippen molar-refractivity contribution in [2.75, 3.05) is 5.75 Å². The molecule has 3 rings (SSSR count). The Morgan fingerprint density at radius 2 is 1.54 bits per heavy atom. The van der Waals surface area contributed by atoms with E-state index in [0.29, 0.717) is 12.2 Å². The third kappa shape index (κ3) is 8.82. The topological polar surface area (TPSA) is 49.4 Å². The molecule has 0 aliphatic rings. The van der Waals surface area contributed by atoms with Gasteiger partial charge in [-0.1, -0.05) is 70.5 Å². The lowest BCUT2D eigenvalue weighted by atomic mass is 10.0. The smallest absolute Gasteiger partial charge is 0.243 e. The lowest BCUT2D eigenvalue weighted by Crippen LogP contribution is -2.52. The standard InChI is InChI=1S/C28H30BrFN2O2S/c1-20(2)31-28(34)26(16-21-6-4-3-5-7-21)32(17-22-10-14-25(30)15-11-22)27(33)19-35-18-23-8-12-24(29)13-9-23/h3-15,20,26H,16-19H2,1-2H3,(H,31,34). The summed E-state index contributed by atoms with van der Waals surface area (Å²) < 4.78 is 14.5. The molecule has 0 radical (unpaired) electrons. The molecule has 0 spiro atoms. The maximum absolute atomic E-state index is 13.5. The van der Waals surface area contributed by atoms with Crippen LogP contribution in [0.4, 0.5) is 4.39 Å². The van der Waals surface area contributed by atoms with Gasteiger partial charge in [0.25, 0.3) is 0 Å². The number of halogens is 2. The van der Waals surface area contributed by atoms with Crippen LogP contribution in [0.15, 0.2) is 83.3 Å². The van der Waals surface area contributed by atoms with E-state index in [1.165, 1.54) is 23.9 Å². The molecule has 1 atom stereocenters. The minimum absolute atomic E-state index is 0.0599. The molecule has 35 heavy (non-hydrogen) atoms. The first-order valence-electron chi connectivity index (χ1n) is 11.5. The van der Waals surface area contributed by atoms with Crippen LogP contribution in [0.25, 0.3) is 0 Å². The lowest BCUT2D eigenvalue weighted by molar-refractivity contribution is -0.139. The van der Waals surface area contributed by atoms with Crippen molar-refractivity contribution < 1.29 is 14.0 Å². The molecule has 0 fully saturated rings. The quantitative estimate of drug-likeness (QED) is 0.315. The van der Waals surface area contributed by atoms with E-state index in [1.807, 2.05) is 68.4 Å². The number of hydrogen-bond donors (Lipinski definition) is 1. The zero-order valence-corrected chi connectivity index (χ0v) is 22.3. The number of rotatable bonds is 11. The summed E-state index contributed by atoms with van der Waals surface area (Å²) in [5.74, 6) is 0.256. The minimum atomic E-state index is -0.689. The average Bonchev–Trinajstić information content (AvgIpc) is 2.84. The van der Waals surface area contributed by atoms with Gasteiger partial charge in [0.15, 0.2) is 0 Å². The number of nitrogens with zero attached hydrogens (tertiary/aromatic N) is 1. The third-order valence-corrected chi connectivity index (χ3v) is 6.89. The molecule has 1 N–H and O–H groups in total. The molecule has 184 valence electrons. The predicted molar refractivity (Wildman–Crippen MR) is 144 cm³/mol. The predicted octanol–water partition coefficient (Wildman–Crippen LogP) is 5.99. The summed E-state index contributed by atoms with van der Waals surface area (Å²) in [4.78, 5) is 28.5. The first kappa shape index (κ1) is 27.0. The first-order valence-corrected chi connectivity index (χ1v) is 13.5. The molecule has 2 amide bonds. The van der Waals surface area contributed by atoms with Crippen LogP contribution in [-0.4, -0.2) is 34.6 Å². The molecule has 0 saturated heterocycles. The van der Waals surface area contributed by atoms with E-state index < -0.39 is 6.04 Å². The van der Waals surface area contributed by atoms with Crippen LogP contribution in [0, 0.1) is 5.82 Å². The highest BCUT2D eigenvalue weighted by molar-refractivity contribution is 9.10. The lowest BCUT2D eigenvalue weighted by Gasteiger charge is -2.32. The Balaban J connectivity index is 1.83. The number of hydrogen-bond acceptors (Lipinski definition) is 3. The summed E-state index contributed by atoms with van der Waals surface area (Å²) in [7, 11) is 0. The molecule has 0 aliphatic carbocycles. The molecular formula is C28H30BrFN2O2S. The molecule has 7 heteroatoms. The Hall–Kier alpha value is -2.64. The highest BCUT2D eigenvalue weighted by Gasteiger charge is 2.30. The molecule has 0 aliphatic heterocycles. The van der Waals surface area contributed by atoms with Crippen LogP contribution in [-0.2, 0) is 28.3 Å². The van der Waals surface area contributed by atoms with E-state index in [1.54, 1.807) is 17.0 Å². The fourth-order valence-electron chi connectivity index (χ4n) is 3.64. The van der Waals surface area contributed by atoms with Crippen LogP contribution in [0.5, 0.6) is 0 Å². The Bertz CT molecular complexity index is 1090. The molecule has 0 bridgehead atoms. The van der Waals surface area contributed by atoms with Gasteiger partial charge >= 0.3 is 0 Å². The van der Waals surface area contributed by atoms with Crippen molar-refractivity contribution in [3.05, 3.63) is 106 Å². The molecule has 1 unspecified atom stereocenters. The van der Waals surface area contributed by atoms with Crippen molar-refractivity contribution in [2.24, 2.45) is 0 Å². The number of carbonyl (C=O) groups is 2. The molecular weight excluding hydrogens is 527 g/mol. The second-order valence-electron chi connectivity index (χ2n) is 8.64. The van der Waals surface area contributed by atoms with Crippen LogP contribution in [0.2, 0.25) is 0 Å². The Labute approximate surface area is 219 Å². The van der Waals surface area contributed by atoms with Gasteiger partial charge in [0.05, 0.1) is 5.75 Å². The van der Waals surface area contributed by atoms with E-state index in [2.05, 4.69) is 21.2 Å². The van der Waals surface area contributed by atoms with Gasteiger partial charge in [-0.2, -0.15) is 0 Å². The van der Waals surface area contributed by atoms with Crippen LogP contribution in [0.3, 0.4) is 0 Å². The van der Waals surface area contributed by atoms with Crippen molar-refractivity contribution in [3.63, 3.8) is 0 Å². The van der Waals surface area contributed by atoms with Crippen molar-refractivity contribution in [1.29, 1.82) is 0 Å². The van der Waals surface area contributed by atoms with E-state index >= 15 is 0 Å². The third-order valence-electron chi connectivity index (χ3n) is 5.38. The van der Waals surface area contributed by atoms with Gasteiger partial charge in [0, 0.05) is 29.2 Å².